The molecule has 0 fully saturated rings. The smallest absolute Gasteiger partial charge is 0.248 e. The number of hydrogen-bond donors (Lipinski definition) is 1. The van der Waals surface area contributed by atoms with E-state index in [9.17, 15) is 4.79 Å². The lowest BCUT2D eigenvalue weighted by molar-refractivity contribution is 0.587. The molecule has 2 nitrogen and oxygen atoms in total. The van der Waals surface area contributed by atoms with E-state index in [4.69, 9.17) is 0 Å². The normalized spacial score (nSPS) is 10.8. The van der Waals surface area contributed by atoms with Gasteiger partial charge in [0.15, 0.2) is 0 Å². The third-order valence-corrected chi connectivity index (χ3v) is 3.07. The van der Waals surface area contributed by atoms with Crippen LogP contribution in [-0.2, 0) is 6.42 Å². The lowest BCUT2D eigenvalue weighted by Crippen LogP contribution is -2.02. The Labute approximate surface area is 108 Å². The molecule has 18 heavy (non-hydrogen) atoms. The van der Waals surface area contributed by atoms with Gasteiger partial charge in [0.1, 0.15) is 0 Å². The lowest BCUT2D eigenvalue weighted by atomic mass is 10.00. The Hall–Kier alpha value is -1.83. The minimum absolute atomic E-state index is 0.0589. The second-order valence-electron chi connectivity index (χ2n) is 5.07. The number of pyridine rings is 1. The molecule has 0 amide bonds. The molecule has 1 N–H and O–H groups in total. The Bertz CT molecular complexity index is 552. The van der Waals surface area contributed by atoms with Gasteiger partial charge < -0.3 is 4.98 Å². The van der Waals surface area contributed by atoms with Crippen molar-refractivity contribution < 1.29 is 0 Å². The summed E-state index contributed by atoms with van der Waals surface area (Å²) in [5, 5.41) is 0. The van der Waals surface area contributed by atoms with E-state index in [1.54, 1.807) is 12.3 Å². The average molecular weight is 241 g/mol. The van der Waals surface area contributed by atoms with Crippen molar-refractivity contribution in [1.82, 2.24) is 4.98 Å². The Balaban J connectivity index is 2.15. The number of aromatic amines is 1. The van der Waals surface area contributed by atoms with Crippen LogP contribution in [0.15, 0.2) is 47.4 Å². The molecule has 1 aromatic heterocycles. The van der Waals surface area contributed by atoms with E-state index in [1.807, 2.05) is 6.07 Å². The highest BCUT2D eigenvalue weighted by molar-refractivity contribution is 5.62. The van der Waals surface area contributed by atoms with Crippen molar-refractivity contribution in [3.8, 4) is 11.1 Å². The van der Waals surface area contributed by atoms with Crippen molar-refractivity contribution in [1.29, 1.82) is 0 Å². The summed E-state index contributed by atoms with van der Waals surface area (Å²) in [5.74, 6) is 0.734. The highest BCUT2D eigenvalue weighted by atomic mass is 16.1. The Kier molecular flexibility index (Phi) is 3.98. The maximum absolute atomic E-state index is 11.3. The SMILES string of the molecule is CC(C)CCc1ccc(-c2cc[nH]c(=O)c2)cc1. The highest BCUT2D eigenvalue weighted by Gasteiger charge is 2.00. The number of aryl methyl sites for hydroxylation is 1. The first kappa shape index (κ1) is 12.6. The van der Waals surface area contributed by atoms with E-state index in [0.29, 0.717) is 0 Å². The zero-order valence-electron chi connectivity index (χ0n) is 10.9. The second kappa shape index (κ2) is 5.67. The van der Waals surface area contributed by atoms with E-state index in [0.717, 1.165) is 23.5 Å². The van der Waals surface area contributed by atoms with Crippen LogP contribution in [0, 0.1) is 5.92 Å². The molecule has 2 rings (SSSR count). The van der Waals surface area contributed by atoms with Crippen LogP contribution in [-0.4, -0.2) is 4.98 Å². The molecular formula is C16H19NO. The van der Waals surface area contributed by atoms with E-state index in [2.05, 4.69) is 43.1 Å². The van der Waals surface area contributed by atoms with Gasteiger partial charge in [-0.2, -0.15) is 0 Å². The Morgan fingerprint density at radius 2 is 1.78 bits per heavy atom. The fourth-order valence-corrected chi connectivity index (χ4v) is 1.94. The summed E-state index contributed by atoms with van der Waals surface area (Å²) in [4.78, 5) is 13.9. The fraction of sp³-hybridized carbons (Fsp3) is 0.312. The van der Waals surface area contributed by atoms with Crippen molar-refractivity contribution in [3.63, 3.8) is 0 Å². The van der Waals surface area contributed by atoms with Crippen LogP contribution in [0.1, 0.15) is 25.8 Å². The molecule has 0 aliphatic carbocycles. The van der Waals surface area contributed by atoms with Crippen LogP contribution in [0.2, 0.25) is 0 Å². The average Bonchev–Trinajstić information content (AvgIpc) is 2.37. The quantitative estimate of drug-likeness (QED) is 0.871. The number of H-pyrrole nitrogens is 1. The van der Waals surface area contributed by atoms with Crippen molar-refractivity contribution in [2.75, 3.05) is 0 Å². The summed E-state index contributed by atoms with van der Waals surface area (Å²) >= 11 is 0. The molecule has 94 valence electrons. The Morgan fingerprint density at radius 3 is 2.39 bits per heavy atom. The van der Waals surface area contributed by atoms with Crippen LogP contribution < -0.4 is 5.56 Å². The fourth-order valence-electron chi connectivity index (χ4n) is 1.94. The van der Waals surface area contributed by atoms with Crippen molar-refractivity contribution in [2.24, 2.45) is 5.92 Å². The molecule has 0 spiro atoms. The lowest BCUT2D eigenvalue weighted by Gasteiger charge is -2.06. The summed E-state index contributed by atoms with van der Waals surface area (Å²) in [6, 6.07) is 12.0. The van der Waals surface area contributed by atoms with Gasteiger partial charge in [-0.25, -0.2) is 0 Å². The standard InChI is InChI=1S/C16H19NO/c1-12(2)3-4-13-5-7-14(8-6-13)15-9-10-17-16(18)11-15/h5-12H,3-4H2,1-2H3,(H,17,18). The van der Waals surface area contributed by atoms with Gasteiger partial charge in [0, 0.05) is 12.3 Å². The van der Waals surface area contributed by atoms with Gasteiger partial charge in [0.2, 0.25) is 5.56 Å². The first-order chi connectivity index (χ1) is 8.65. The summed E-state index contributed by atoms with van der Waals surface area (Å²) in [7, 11) is 0. The van der Waals surface area contributed by atoms with Crippen molar-refractivity contribution >= 4 is 0 Å². The van der Waals surface area contributed by atoms with E-state index >= 15 is 0 Å². The molecule has 0 unspecified atom stereocenters. The largest absolute Gasteiger partial charge is 0.329 e. The molecule has 2 aromatic rings. The van der Waals surface area contributed by atoms with Gasteiger partial charge in [-0.3, -0.25) is 4.79 Å². The van der Waals surface area contributed by atoms with E-state index in [1.165, 1.54) is 12.0 Å². The first-order valence-electron chi connectivity index (χ1n) is 6.43. The van der Waals surface area contributed by atoms with Gasteiger partial charge in [0.25, 0.3) is 0 Å². The zero-order chi connectivity index (χ0) is 13.0. The number of nitrogens with one attached hydrogen (secondary N) is 1. The van der Waals surface area contributed by atoms with Crippen LogP contribution >= 0.6 is 0 Å². The Morgan fingerprint density at radius 1 is 1.06 bits per heavy atom. The van der Waals surface area contributed by atoms with Gasteiger partial charge in [-0.05, 0) is 41.5 Å². The molecular weight excluding hydrogens is 222 g/mol. The molecule has 0 bridgehead atoms. The van der Waals surface area contributed by atoms with Gasteiger partial charge in [-0.1, -0.05) is 38.1 Å². The van der Waals surface area contributed by atoms with Gasteiger partial charge >= 0.3 is 0 Å². The maximum Gasteiger partial charge on any atom is 0.248 e. The van der Waals surface area contributed by atoms with E-state index < -0.39 is 0 Å². The molecule has 0 saturated heterocycles. The topological polar surface area (TPSA) is 32.9 Å². The highest BCUT2D eigenvalue weighted by Crippen LogP contribution is 2.18. The second-order valence-corrected chi connectivity index (χ2v) is 5.07. The minimum atomic E-state index is -0.0589. The van der Waals surface area contributed by atoms with Crippen molar-refractivity contribution in [3.05, 3.63) is 58.5 Å². The third kappa shape index (κ3) is 3.33. The molecule has 2 heteroatoms. The predicted octanol–water partition coefficient (Wildman–Crippen LogP) is 3.63. The number of aromatic nitrogens is 1. The molecule has 1 aromatic carbocycles. The molecule has 0 atom stereocenters. The summed E-state index contributed by atoms with van der Waals surface area (Å²) in [5.41, 5.74) is 3.36. The first-order valence-corrected chi connectivity index (χ1v) is 6.43. The third-order valence-electron chi connectivity index (χ3n) is 3.07. The number of benzene rings is 1. The van der Waals surface area contributed by atoms with Gasteiger partial charge in [-0.15, -0.1) is 0 Å². The van der Waals surface area contributed by atoms with Gasteiger partial charge in [0.05, 0.1) is 0 Å². The number of hydrogen-bond acceptors (Lipinski definition) is 1. The molecule has 0 radical (unpaired) electrons. The van der Waals surface area contributed by atoms with Crippen LogP contribution in [0.4, 0.5) is 0 Å². The maximum atomic E-state index is 11.3. The van der Waals surface area contributed by atoms with Crippen LogP contribution in [0.5, 0.6) is 0 Å². The summed E-state index contributed by atoms with van der Waals surface area (Å²) < 4.78 is 0. The predicted molar refractivity (Wildman–Crippen MR) is 75.7 cm³/mol. The molecule has 0 saturated carbocycles. The van der Waals surface area contributed by atoms with Crippen LogP contribution in [0.25, 0.3) is 11.1 Å². The minimum Gasteiger partial charge on any atom is -0.329 e. The molecule has 0 aliphatic rings. The summed E-state index contributed by atoms with van der Waals surface area (Å²) in [6.07, 6.45) is 4.02. The molecule has 0 aliphatic heterocycles. The monoisotopic (exact) mass is 241 g/mol. The van der Waals surface area contributed by atoms with E-state index in [-0.39, 0.29) is 5.56 Å². The van der Waals surface area contributed by atoms with Crippen molar-refractivity contribution in [2.45, 2.75) is 26.7 Å². The number of rotatable bonds is 4. The van der Waals surface area contributed by atoms with Crippen LogP contribution in [0.3, 0.4) is 0 Å². The zero-order valence-corrected chi connectivity index (χ0v) is 10.9. The molecule has 1 heterocycles. The summed E-state index contributed by atoms with van der Waals surface area (Å²) in [6.45, 7) is 4.48.